The summed E-state index contributed by atoms with van der Waals surface area (Å²) < 4.78 is 5.45. The smallest absolute Gasteiger partial charge is 0.303 e. The zero-order valence-electron chi connectivity index (χ0n) is 12.2. The van der Waals surface area contributed by atoms with Crippen molar-refractivity contribution in [1.29, 1.82) is 0 Å². The molecule has 0 amide bonds. The van der Waals surface area contributed by atoms with Gasteiger partial charge in [0.15, 0.2) is 0 Å². The lowest BCUT2D eigenvalue weighted by atomic mass is 10.2. The van der Waals surface area contributed by atoms with E-state index in [1.165, 1.54) is 6.92 Å². The number of ether oxygens (including phenoxy) is 1. The van der Waals surface area contributed by atoms with Crippen LogP contribution in [0.1, 0.15) is 51.0 Å². The van der Waals surface area contributed by atoms with E-state index in [9.17, 15) is 4.79 Å². The number of esters is 1. The molecule has 1 heterocycles. The molecule has 0 N–H and O–H groups in total. The van der Waals surface area contributed by atoms with Crippen molar-refractivity contribution in [2.75, 3.05) is 19.6 Å². The molecule has 1 atom stereocenters. The Morgan fingerprint density at radius 1 is 1.32 bits per heavy atom. The molecule has 1 rings (SSSR count). The minimum absolute atomic E-state index is 0.0892. The van der Waals surface area contributed by atoms with Crippen LogP contribution < -0.4 is 0 Å². The summed E-state index contributed by atoms with van der Waals surface area (Å²) in [7, 11) is 0. The van der Waals surface area contributed by atoms with E-state index in [1.807, 2.05) is 17.5 Å². The van der Waals surface area contributed by atoms with E-state index in [1.54, 1.807) is 11.3 Å². The Balaban J connectivity index is 2.54. The lowest BCUT2D eigenvalue weighted by Gasteiger charge is -2.23. The molecule has 108 valence electrons. The Morgan fingerprint density at radius 2 is 2.00 bits per heavy atom. The Labute approximate surface area is 120 Å². The first-order valence-electron chi connectivity index (χ1n) is 7.10. The van der Waals surface area contributed by atoms with Crippen molar-refractivity contribution < 1.29 is 9.53 Å². The highest BCUT2D eigenvalue weighted by Crippen LogP contribution is 2.26. The summed E-state index contributed by atoms with van der Waals surface area (Å²) in [5, 5.41) is 2.03. The molecular weight excluding hydrogens is 258 g/mol. The van der Waals surface area contributed by atoms with Crippen molar-refractivity contribution in [2.24, 2.45) is 0 Å². The zero-order chi connectivity index (χ0) is 14.1. The topological polar surface area (TPSA) is 29.5 Å². The average molecular weight is 283 g/mol. The second-order valence-corrected chi connectivity index (χ2v) is 5.72. The first-order chi connectivity index (χ1) is 9.17. The molecule has 0 aliphatic heterocycles. The number of carbonyl (C=O) groups excluding carboxylic acids is 1. The molecule has 0 aromatic carbocycles. The lowest BCUT2D eigenvalue weighted by molar-refractivity contribution is -0.147. The summed E-state index contributed by atoms with van der Waals surface area (Å²) in [6, 6.07) is 4.05. The molecule has 19 heavy (non-hydrogen) atoms. The molecule has 0 radical (unpaired) electrons. The fraction of sp³-hybridized carbons (Fsp3) is 0.667. The van der Waals surface area contributed by atoms with Gasteiger partial charge in [0.05, 0.1) is 0 Å². The van der Waals surface area contributed by atoms with E-state index in [0.717, 1.165) is 43.8 Å². The summed E-state index contributed by atoms with van der Waals surface area (Å²) in [5.41, 5.74) is 0. The Morgan fingerprint density at radius 3 is 2.47 bits per heavy atom. The third-order valence-corrected chi connectivity index (χ3v) is 3.92. The van der Waals surface area contributed by atoms with Crippen molar-refractivity contribution in [2.45, 2.75) is 46.1 Å². The standard InChI is InChI=1S/C15H25NO2S/c1-4-9-16(10-5-2)11-8-14(18-13(3)17)15-7-6-12-19-15/h6-7,12,14H,4-5,8-11H2,1-3H3/t14-/m0/s1. The van der Waals surface area contributed by atoms with E-state index < -0.39 is 0 Å². The predicted molar refractivity (Wildman–Crippen MR) is 80.5 cm³/mol. The Bertz CT molecular complexity index is 345. The Hall–Kier alpha value is -0.870. The largest absolute Gasteiger partial charge is 0.457 e. The van der Waals surface area contributed by atoms with Gasteiger partial charge in [-0.3, -0.25) is 4.79 Å². The molecule has 1 aromatic rings. The number of hydrogen-bond donors (Lipinski definition) is 0. The number of thiophene rings is 1. The third-order valence-electron chi connectivity index (χ3n) is 2.96. The molecule has 0 unspecified atom stereocenters. The monoisotopic (exact) mass is 283 g/mol. The molecule has 0 aliphatic rings. The van der Waals surface area contributed by atoms with Gasteiger partial charge in [0.2, 0.25) is 0 Å². The Kier molecular flexibility index (Phi) is 7.75. The molecule has 0 spiro atoms. The number of nitrogens with zero attached hydrogens (tertiary/aromatic N) is 1. The molecule has 0 saturated heterocycles. The van der Waals surface area contributed by atoms with E-state index in [-0.39, 0.29) is 12.1 Å². The summed E-state index contributed by atoms with van der Waals surface area (Å²) in [6.07, 6.45) is 3.11. The number of hydrogen-bond acceptors (Lipinski definition) is 4. The van der Waals surface area contributed by atoms with Crippen LogP contribution in [-0.2, 0) is 9.53 Å². The molecule has 0 fully saturated rings. The van der Waals surface area contributed by atoms with E-state index in [2.05, 4.69) is 18.7 Å². The fourth-order valence-electron chi connectivity index (χ4n) is 2.20. The minimum Gasteiger partial charge on any atom is -0.457 e. The van der Waals surface area contributed by atoms with Crippen molar-refractivity contribution >= 4 is 17.3 Å². The summed E-state index contributed by atoms with van der Waals surface area (Å²) in [4.78, 5) is 14.8. The van der Waals surface area contributed by atoms with Crippen LogP contribution in [0, 0.1) is 0 Å². The predicted octanol–water partition coefficient (Wildman–Crippen LogP) is 3.86. The second kappa shape index (κ2) is 9.10. The van der Waals surface area contributed by atoms with Gasteiger partial charge in [0.1, 0.15) is 6.10 Å². The van der Waals surface area contributed by atoms with Gasteiger partial charge in [-0.2, -0.15) is 0 Å². The number of rotatable bonds is 9. The first kappa shape index (κ1) is 16.2. The highest BCUT2D eigenvalue weighted by atomic mass is 32.1. The maximum atomic E-state index is 11.2. The quantitative estimate of drug-likeness (QED) is 0.644. The van der Waals surface area contributed by atoms with Crippen LogP contribution in [0.5, 0.6) is 0 Å². The van der Waals surface area contributed by atoms with Crippen LogP contribution in [0.25, 0.3) is 0 Å². The van der Waals surface area contributed by atoms with Crippen molar-refractivity contribution in [1.82, 2.24) is 4.90 Å². The van der Waals surface area contributed by atoms with Crippen LogP contribution >= 0.6 is 11.3 Å². The highest BCUT2D eigenvalue weighted by molar-refractivity contribution is 7.10. The average Bonchev–Trinajstić information content (AvgIpc) is 2.88. The molecule has 4 heteroatoms. The van der Waals surface area contributed by atoms with Gasteiger partial charge in [-0.25, -0.2) is 0 Å². The molecule has 0 aliphatic carbocycles. The van der Waals surface area contributed by atoms with Crippen molar-refractivity contribution in [3.63, 3.8) is 0 Å². The maximum Gasteiger partial charge on any atom is 0.303 e. The molecule has 0 bridgehead atoms. The van der Waals surface area contributed by atoms with Gasteiger partial charge in [0.25, 0.3) is 0 Å². The van der Waals surface area contributed by atoms with Gasteiger partial charge >= 0.3 is 5.97 Å². The number of carbonyl (C=O) groups is 1. The van der Waals surface area contributed by atoms with Crippen LogP contribution in [0.2, 0.25) is 0 Å². The zero-order valence-corrected chi connectivity index (χ0v) is 13.0. The van der Waals surface area contributed by atoms with Gasteiger partial charge in [-0.05, 0) is 37.4 Å². The van der Waals surface area contributed by atoms with E-state index in [0.29, 0.717) is 0 Å². The minimum atomic E-state index is -0.198. The third kappa shape index (κ3) is 6.21. The van der Waals surface area contributed by atoms with Crippen molar-refractivity contribution in [3.8, 4) is 0 Å². The van der Waals surface area contributed by atoms with Crippen molar-refractivity contribution in [3.05, 3.63) is 22.4 Å². The van der Waals surface area contributed by atoms with E-state index >= 15 is 0 Å². The molecular formula is C15H25NO2S. The maximum absolute atomic E-state index is 11.2. The van der Waals surface area contributed by atoms with Gasteiger partial charge in [0, 0.05) is 24.8 Å². The van der Waals surface area contributed by atoms with Crippen LogP contribution in [0.4, 0.5) is 0 Å². The normalized spacial score (nSPS) is 12.6. The first-order valence-corrected chi connectivity index (χ1v) is 7.98. The fourth-order valence-corrected chi connectivity index (χ4v) is 2.99. The summed E-state index contributed by atoms with van der Waals surface area (Å²) in [6.45, 7) is 9.10. The van der Waals surface area contributed by atoms with Gasteiger partial charge < -0.3 is 9.64 Å². The van der Waals surface area contributed by atoms with Crippen LogP contribution in [0.3, 0.4) is 0 Å². The van der Waals surface area contributed by atoms with E-state index in [4.69, 9.17) is 4.74 Å². The highest BCUT2D eigenvalue weighted by Gasteiger charge is 2.17. The summed E-state index contributed by atoms with van der Waals surface area (Å²) in [5.74, 6) is -0.198. The van der Waals surface area contributed by atoms with Gasteiger partial charge in [-0.1, -0.05) is 19.9 Å². The molecule has 1 aromatic heterocycles. The van der Waals surface area contributed by atoms with Gasteiger partial charge in [-0.15, -0.1) is 11.3 Å². The SMILES string of the molecule is CCCN(CCC)CC[C@H](OC(C)=O)c1cccs1. The molecule has 3 nitrogen and oxygen atoms in total. The lowest BCUT2D eigenvalue weighted by Crippen LogP contribution is -2.28. The second-order valence-electron chi connectivity index (χ2n) is 4.74. The summed E-state index contributed by atoms with van der Waals surface area (Å²) >= 11 is 1.66. The van der Waals surface area contributed by atoms with Crippen LogP contribution in [-0.4, -0.2) is 30.5 Å². The molecule has 0 saturated carbocycles. The van der Waals surface area contributed by atoms with Crippen LogP contribution in [0.15, 0.2) is 17.5 Å².